The first-order valence-electron chi connectivity index (χ1n) is 17.3. The molecule has 5 rings (SSSR count). The molecule has 15 heteroatoms. The normalized spacial score (nSPS) is 15.7. The molecule has 278 valence electrons. The lowest BCUT2D eigenvalue weighted by atomic mass is 10.0. The Balaban J connectivity index is 1.33. The molecule has 2 fully saturated rings. The van der Waals surface area contributed by atoms with E-state index in [2.05, 4.69) is 47.6 Å². The van der Waals surface area contributed by atoms with E-state index in [9.17, 15) is 14.2 Å². The first-order valence-corrected chi connectivity index (χ1v) is 20.3. The molecule has 0 radical (unpaired) electrons. The summed E-state index contributed by atoms with van der Waals surface area (Å²) in [5, 5.41) is 10.4. The van der Waals surface area contributed by atoms with Gasteiger partial charge in [0.1, 0.15) is 23.5 Å². The molecule has 0 unspecified atom stereocenters. The van der Waals surface area contributed by atoms with Crippen LogP contribution in [0.4, 0.5) is 39.3 Å². The molecule has 3 N–H and O–H groups in total. The van der Waals surface area contributed by atoms with Crippen molar-refractivity contribution in [3.8, 4) is 17.6 Å². The van der Waals surface area contributed by atoms with Gasteiger partial charge in [-0.3, -0.25) is 9.69 Å². The summed E-state index contributed by atoms with van der Waals surface area (Å²) in [6.07, 6.45) is 3.05. The predicted octanol–water partition coefficient (Wildman–Crippen LogP) is 6.36. The summed E-state index contributed by atoms with van der Waals surface area (Å²) in [4.78, 5) is 40.8. The number of rotatable bonds is 9. The van der Waals surface area contributed by atoms with Crippen LogP contribution >= 0.6 is 18.7 Å². The van der Waals surface area contributed by atoms with Crippen LogP contribution in [0.1, 0.15) is 40.5 Å². The highest BCUT2D eigenvalue weighted by Gasteiger charge is 2.32. The molecule has 0 spiro atoms. The Kier molecular flexibility index (Phi) is 12.2. The lowest BCUT2D eigenvalue weighted by Crippen LogP contribution is -2.55. The van der Waals surface area contributed by atoms with E-state index >= 15 is 0 Å². The first-order chi connectivity index (χ1) is 24.6. The van der Waals surface area contributed by atoms with Crippen molar-refractivity contribution in [1.82, 2.24) is 19.8 Å². The highest BCUT2D eigenvalue weighted by molar-refractivity contribution is 7.70. The maximum atomic E-state index is 12.9. The number of hydrogen-bond acceptors (Lipinski definition) is 11. The van der Waals surface area contributed by atoms with Crippen molar-refractivity contribution in [3.63, 3.8) is 0 Å². The van der Waals surface area contributed by atoms with Crippen LogP contribution < -0.4 is 30.9 Å². The van der Waals surface area contributed by atoms with Crippen LogP contribution in [0, 0.1) is 11.8 Å². The number of ether oxygens (including phenoxy) is 2. The Hall–Kier alpha value is -4.50. The van der Waals surface area contributed by atoms with Crippen LogP contribution in [0.5, 0.6) is 5.75 Å². The molecule has 0 bridgehead atoms. The summed E-state index contributed by atoms with van der Waals surface area (Å²) in [5.74, 6) is 5.87. The molecular formula is C37H48ClN8O5P. The fourth-order valence-corrected chi connectivity index (χ4v) is 7.64. The third-order valence-corrected chi connectivity index (χ3v) is 10.6. The minimum absolute atomic E-state index is 0.227. The Bertz CT molecular complexity index is 1890. The number of benzene rings is 2. The molecule has 3 aromatic rings. The average Bonchev–Trinajstić information content (AvgIpc) is 3.09. The van der Waals surface area contributed by atoms with Gasteiger partial charge >= 0.3 is 6.09 Å². The molecule has 0 aliphatic carbocycles. The SMILES string of the molecule is CC#CC(=O)Nc1cc(Nc2ncc(Cl)c(Nc3ccccc3P(C)(C)=O)n2)c(OC)cc1N1CCC(N2CCN(C(=O)OC(C)(C)C)CC2)CC1. The molecule has 1 aromatic heterocycles. The second kappa shape index (κ2) is 16.4. The molecule has 2 aromatic carbocycles. The number of nitrogens with one attached hydrogen (secondary N) is 3. The van der Waals surface area contributed by atoms with Gasteiger partial charge in [-0.15, -0.1) is 0 Å². The van der Waals surface area contributed by atoms with E-state index < -0.39 is 18.7 Å². The van der Waals surface area contributed by atoms with Crippen molar-refractivity contribution in [2.24, 2.45) is 0 Å². The van der Waals surface area contributed by atoms with Gasteiger partial charge in [0.05, 0.1) is 36.1 Å². The number of methoxy groups -OCH3 is 1. The van der Waals surface area contributed by atoms with Gasteiger partial charge in [-0.2, -0.15) is 4.98 Å². The van der Waals surface area contributed by atoms with Crippen LogP contribution in [0.3, 0.4) is 0 Å². The van der Waals surface area contributed by atoms with E-state index in [1.165, 1.54) is 6.20 Å². The van der Waals surface area contributed by atoms with Gasteiger partial charge in [0, 0.05) is 56.7 Å². The molecule has 0 saturated carbocycles. The average molecular weight is 751 g/mol. The van der Waals surface area contributed by atoms with Crippen LogP contribution in [0.25, 0.3) is 0 Å². The molecule has 52 heavy (non-hydrogen) atoms. The standard InChI is InChI=1S/C37H48ClN8O5P/c1-8-11-33(47)40-28-22-29(42-35-39-24-26(38)34(43-35)41-27-12-9-10-13-32(27)52(6,7)49)31(50-5)23-30(28)45-16-14-25(15-17-45)44-18-20-46(21-19-44)36(48)51-37(2,3)4/h9-10,12-13,22-25H,14-21H2,1-7H3,(H,40,47)(H2,39,41,42,43). The Morgan fingerprint density at radius 1 is 0.981 bits per heavy atom. The minimum atomic E-state index is -2.60. The van der Waals surface area contributed by atoms with Crippen LogP contribution in [-0.4, -0.2) is 103 Å². The van der Waals surface area contributed by atoms with E-state index in [-0.39, 0.29) is 17.1 Å². The Morgan fingerprint density at radius 2 is 1.67 bits per heavy atom. The zero-order valence-corrected chi connectivity index (χ0v) is 32.5. The smallest absolute Gasteiger partial charge is 0.410 e. The second-order valence-electron chi connectivity index (χ2n) is 14.1. The summed E-state index contributed by atoms with van der Waals surface area (Å²) in [6.45, 7) is 15.1. The zero-order chi connectivity index (χ0) is 37.6. The van der Waals surface area contributed by atoms with Gasteiger partial charge in [0.25, 0.3) is 5.91 Å². The lowest BCUT2D eigenvalue weighted by Gasteiger charge is -2.43. The van der Waals surface area contributed by atoms with Crippen molar-refractivity contribution in [2.45, 2.75) is 52.2 Å². The number of amides is 2. The summed E-state index contributed by atoms with van der Waals surface area (Å²) in [6, 6.07) is 11.4. The number of para-hydroxylation sites is 1. The highest BCUT2D eigenvalue weighted by atomic mass is 35.5. The first kappa shape index (κ1) is 38.7. The van der Waals surface area contributed by atoms with E-state index in [0.717, 1.165) is 44.7 Å². The van der Waals surface area contributed by atoms with E-state index in [0.29, 0.717) is 53.1 Å². The number of piperazine rings is 1. The van der Waals surface area contributed by atoms with Crippen LogP contribution in [0.2, 0.25) is 5.02 Å². The summed E-state index contributed by atoms with van der Waals surface area (Å²) >= 11 is 6.49. The van der Waals surface area contributed by atoms with E-state index in [1.807, 2.05) is 51.1 Å². The Morgan fingerprint density at radius 3 is 2.31 bits per heavy atom. The highest BCUT2D eigenvalue weighted by Crippen LogP contribution is 2.41. The number of piperidine rings is 1. The zero-order valence-electron chi connectivity index (χ0n) is 30.9. The van der Waals surface area contributed by atoms with E-state index in [4.69, 9.17) is 21.1 Å². The van der Waals surface area contributed by atoms with Crippen molar-refractivity contribution in [2.75, 3.05) is 80.6 Å². The van der Waals surface area contributed by atoms with Gasteiger partial charge in [0.2, 0.25) is 5.95 Å². The van der Waals surface area contributed by atoms with E-state index in [1.54, 1.807) is 38.3 Å². The molecule has 2 aliphatic heterocycles. The van der Waals surface area contributed by atoms with Crippen molar-refractivity contribution in [3.05, 3.63) is 47.6 Å². The molecule has 2 aliphatic rings. The molecule has 2 saturated heterocycles. The number of halogens is 1. The van der Waals surface area contributed by atoms with Gasteiger partial charge < -0.3 is 39.8 Å². The quantitative estimate of drug-likeness (QED) is 0.166. The fourth-order valence-electron chi connectivity index (χ4n) is 6.34. The number of carbonyl (C=O) groups is 2. The number of nitrogens with zero attached hydrogens (tertiary/aromatic N) is 5. The van der Waals surface area contributed by atoms with Crippen LogP contribution in [0.15, 0.2) is 42.6 Å². The van der Waals surface area contributed by atoms with Crippen molar-refractivity contribution in [1.29, 1.82) is 0 Å². The minimum Gasteiger partial charge on any atom is -0.494 e. The summed E-state index contributed by atoms with van der Waals surface area (Å²) in [5.41, 5.74) is 2.00. The van der Waals surface area contributed by atoms with Gasteiger partial charge in [0.15, 0.2) is 5.82 Å². The fraction of sp³-hybridized carbons (Fsp3) is 0.459. The predicted molar refractivity (Wildman–Crippen MR) is 209 cm³/mol. The van der Waals surface area contributed by atoms with Crippen molar-refractivity contribution < 1.29 is 23.6 Å². The molecule has 13 nitrogen and oxygen atoms in total. The number of hydrogen-bond donors (Lipinski definition) is 3. The number of aromatic nitrogens is 2. The molecule has 0 atom stereocenters. The Labute approximate surface area is 311 Å². The van der Waals surface area contributed by atoms with Gasteiger partial charge in [-0.05, 0) is 78.0 Å². The second-order valence-corrected chi connectivity index (χ2v) is 17.7. The lowest BCUT2D eigenvalue weighted by molar-refractivity contribution is -0.111. The third kappa shape index (κ3) is 9.88. The molecule has 3 heterocycles. The number of carbonyl (C=O) groups excluding carboxylic acids is 2. The van der Waals surface area contributed by atoms with Crippen molar-refractivity contribution >= 4 is 70.6 Å². The maximum absolute atomic E-state index is 12.9. The monoisotopic (exact) mass is 750 g/mol. The largest absolute Gasteiger partial charge is 0.494 e. The summed E-state index contributed by atoms with van der Waals surface area (Å²) < 4.78 is 24.3. The van der Waals surface area contributed by atoms with Crippen LogP contribution in [-0.2, 0) is 14.1 Å². The molecular weight excluding hydrogens is 703 g/mol. The third-order valence-electron chi connectivity index (χ3n) is 8.82. The summed E-state index contributed by atoms with van der Waals surface area (Å²) in [7, 11) is -1.02. The van der Waals surface area contributed by atoms with Gasteiger partial charge in [-0.1, -0.05) is 29.7 Å². The number of anilines is 6. The topological polar surface area (TPSA) is 141 Å². The maximum Gasteiger partial charge on any atom is 0.410 e. The van der Waals surface area contributed by atoms with Gasteiger partial charge in [-0.25, -0.2) is 9.78 Å². The molecule has 2 amide bonds.